The van der Waals surface area contributed by atoms with Crippen molar-refractivity contribution in [1.82, 2.24) is 0 Å². The molecule has 166 valence electrons. The van der Waals surface area contributed by atoms with Crippen molar-refractivity contribution < 1.29 is 23.8 Å². The standard InChI is InChI=1S/C25H26N2O5/c1-4-31-24-14-5-18(15-19(24)16-32-23-12-10-22(30-3)11-13-23)25(29)27-21-8-6-20(7-9-21)26-17(2)28/h5-15H,4,16H2,1-3H3,(H,26,28)(H,27,29). The summed E-state index contributed by atoms with van der Waals surface area (Å²) in [5.74, 6) is 1.68. The maximum atomic E-state index is 12.8. The highest BCUT2D eigenvalue weighted by Crippen LogP contribution is 2.24. The number of carbonyl (C=O) groups is 2. The zero-order valence-corrected chi connectivity index (χ0v) is 18.3. The van der Waals surface area contributed by atoms with Crippen molar-refractivity contribution in [3.05, 3.63) is 77.9 Å². The van der Waals surface area contributed by atoms with Gasteiger partial charge in [0.25, 0.3) is 5.91 Å². The van der Waals surface area contributed by atoms with Crippen molar-refractivity contribution in [2.75, 3.05) is 24.4 Å². The lowest BCUT2D eigenvalue weighted by Crippen LogP contribution is -2.13. The minimum atomic E-state index is -0.258. The average Bonchev–Trinajstić information content (AvgIpc) is 2.80. The van der Waals surface area contributed by atoms with E-state index in [0.717, 1.165) is 11.3 Å². The fourth-order valence-corrected chi connectivity index (χ4v) is 3.01. The van der Waals surface area contributed by atoms with Crippen LogP contribution in [-0.2, 0) is 11.4 Å². The Hall–Kier alpha value is -4.00. The second kappa shape index (κ2) is 10.9. The van der Waals surface area contributed by atoms with E-state index in [2.05, 4.69) is 10.6 Å². The zero-order chi connectivity index (χ0) is 22.9. The van der Waals surface area contributed by atoms with Crippen molar-refractivity contribution in [3.8, 4) is 17.2 Å². The largest absolute Gasteiger partial charge is 0.497 e. The van der Waals surface area contributed by atoms with Crippen LogP contribution in [0.4, 0.5) is 11.4 Å². The van der Waals surface area contributed by atoms with Crippen molar-refractivity contribution in [2.45, 2.75) is 20.5 Å². The van der Waals surface area contributed by atoms with Crippen LogP contribution in [0, 0.1) is 0 Å². The van der Waals surface area contributed by atoms with Crippen LogP contribution in [0.2, 0.25) is 0 Å². The van der Waals surface area contributed by atoms with Crippen molar-refractivity contribution >= 4 is 23.2 Å². The summed E-state index contributed by atoms with van der Waals surface area (Å²) in [6, 6.07) is 19.4. The quantitative estimate of drug-likeness (QED) is 0.501. The van der Waals surface area contributed by atoms with Gasteiger partial charge in [-0.2, -0.15) is 0 Å². The molecule has 0 unspecified atom stereocenters. The van der Waals surface area contributed by atoms with Crippen LogP contribution in [-0.4, -0.2) is 25.5 Å². The Labute approximate surface area is 187 Å². The molecule has 0 radical (unpaired) electrons. The maximum absolute atomic E-state index is 12.8. The molecule has 7 nitrogen and oxygen atoms in total. The van der Waals surface area contributed by atoms with Gasteiger partial charge in [0, 0.05) is 29.4 Å². The fourth-order valence-electron chi connectivity index (χ4n) is 3.01. The highest BCUT2D eigenvalue weighted by molar-refractivity contribution is 6.04. The molecule has 0 atom stereocenters. The topological polar surface area (TPSA) is 85.9 Å². The first kappa shape index (κ1) is 22.7. The van der Waals surface area contributed by atoms with Crippen LogP contribution in [0.5, 0.6) is 17.2 Å². The number of hydrogen-bond acceptors (Lipinski definition) is 5. The predicted octanol–water partition coefficient (Wildman–Crippen LogP) is 4.88. The molecule has 0 bridgehead atoms. The molecule has 3 aromatic carbocycles. The third kappa shape index (κ3) is 6.25. The summed E-state index contributed by atoms with van der Waals surface area (Å²) in [7, 11) is 1.61. The molecule has 0 spiro atoms. The number of nitrogens with one attached hydrogen (secondary N) is 2. The first-order chi connectivity index (χ1) is 15.5. The van der Waals surface area contributed by atoms with E-state index < -0.39 is 0 Å². The number of anilines is 2. The summed E-state index contributed by atoms with van der Waals surface area (Å²) in [6.07, 6.45) is 0. The van der Waals surface area contributed by atoms with Crippen LogP contribution < -0.4 is 24.8 Å². The molecule has 3 aromatic rings. The van der Waals surface area contributed by atoms with E-state index in [1.54, 1.807) is 49.6 Å². The Morgan fingerprint density at radius 2 is 1.44 bits per heavy atom. The predicted molar refractivity (Wildman–Crippen MR) is 124 cm³/mol. The van der Waals surface area contributed by atoms with Gasteiger partial charge in [-0.3, -0.25) is 9.59 Å². The van der Waals surface area contributed by atoms with Crippen molar-refractivity contribution in [3.63, 3.8) is 0 Å². The SMILES string of the molecule is CCOc1ccc(C(=O)Nc2ccc(NC(C)=O)cc2)cc1COc1ccc(OC)cc1. The second-order valence-electron chi connectivity index (χ2n) is 6.93. The number of methoxy groups -OCH3 is 1. The van der Waals surface area contributed by atoms with Gasteiger partial charge in [-0.25, -0.2) is 0 Å². The molecule has 2 N–H and O–H groups in total. The molecule has 0 fully saturated rings. The van der Waals surface area contributed by atoms with Crippen LogP contribution >= 0.6 is 0 Å². The lowest BCUT2D eigenvalue weighted by molar-refractivity contribution is -0.114. The minimum Gasteiger partial charge on any atom is -0.497 e. The number of benzene rings is 3. The summed E-state index contributed by atoms with van der Waals surface area (Å²) in [6.45, 7) is 4.09. The Morgan fingerprint density at radius 3 is 2.03 bits per heavy atom. The molecule has 7 heteroatoms. The molecule has 0 aromatic heterocycles. The summed E-state index contributed by atoms with van der Waals surface area (Å²) < 4.78 is 16.7. The van der Waals surface area contributed by atoms with Gasteiger partial charge in [-0.05, 0) is 73.7 Å². The monoisotopic (exact) mass is 434 g/mol. The molecule has 3 rings (SSSR count). The first-order valence-corrected chi connectivity index (χ1v) is 10.2. The summed E-state index contributed by atoms with van der Waals surface area (Å²) in [5, 5.41) is 5.55. The van der Waals surface area contributed by atoms with Crippen LogP contribution in [0.25, 0.3) is 0 Å². The van der Waals surface area contributed by atoms with Crippen LogP contribution in [0.3, 0.4) is 0 Å². The van der Waals surface area contributed by atoms with Gasteiger partial charge in [0.05, 0.1) is 13.7 Å². The molecule has 32 heavy (non-hydrogen) atoms. The van der Waals surface area contributed by atoms with Gasteiger partial charge in [-0.15, -0.1) is 0 Å². The summed E-state index contributed by atoms with van der Waals surface area (Å²) in [4.78, 5) is 23.9. The van der Waals surface area contributed by atoms with Gasteiger partial charge >= 0.3 is 0 Å². The minimum absolute atomic E-state index is 0.152. The third-order valence-corrected chi connectivity index (χ3v) is 4.54. The number of rotatable bonds is 9. The molecule has 0 aliphatic carbocycles. The number of amides is 2. The molecular weight excluding hydrogens is 408 g/mol. The average molecular weight is 434 g/mol. The van der Waals surface area contributed by atoms with Crippen LogP contribution in [0.1, 0.15) is 29.8 Å². The first-order valence-electron chi connectivity index (χ1n) is 10.2. The normalized spacial score (nSPS) is 10.2. The van der Waals surface area contributed by atoms with Gasteiger partial charge in [0.2, 0.25) is 5.91 Å². The molecule has 0 saturated carbocycles. The Morgan fingerprint density at radius 1 is 0.812 bits per heavy atom. The number of hydrogen-bond donors (Lipinski definition) is 2. The lowest BCUT2D eigenvalue weighted by atomic mass is 10.1. The van der Waals surface area contributed by atoms with E-state index in [1.807, 2.05) is 31.2 Å². The summed E-state index contributed by atoms with van der Waals surface area (Å²) in [5.41, 5.74) is 2.52. The van der Waals surface area contributed by atoms with E-state index >= 15 is 0 Å². The van der Waals surface area contributed by atoms with E-state index in [0.29, 0.717) is 35.0 Å². The van der Waals surface area contributed by atoms with E-state index in [1.165, 1.54) is 6.92 Å². The summed E-state index contributed by atoms with van der Waals surface area (Å²) >= 11 is 0. The molecule has 0 aliphatic heterocycles. The highest BCUT2D eigenvalue weighted by Gasteiger charge is 2.12. The van der Waals surface area contributed by atoms with E-state index in [9.17, 15) is 9.59 Å². The Bertz CT molecular complexity index is 1060. The number of carbonyl (C=O) groups excluding carboxylic acids is 2. The second-order valence-corrected chi connectivity index (χ2v) is 6.93. The zero-order valence-electron chi connectivity index (χ0n) is 18.3. The fraction of sp³-hybridized carbons (Fsp3) is 0.200. The van der Waals surface area contributed by atoms with Crippen LogP contribution in [0.15, 0.2) is 66.7 Å². The molecule has 0 aliphatic rings. The Kier molecular flexibility index (Phi) is 7.70. The molecule has 0 heterocycles. The van der Waals surface area contributed by atoms with Crippen molar-refractivity contribution in [2.24, 2.45) is 0 Å². The van der Waals surface area contributed by atoms with Gasteiger partial charge < -0.3 is 24.8 Å². The van der Waals surface area contributed by atoms with Gasteiger partial charge in [-0.1, -0.05) is 0 Å². The van der Waals surface area contributed by atoms with Crippen molar-refractivity contribution in [1.29, 1.82) is 0 Å². The van der Waals surface area contributed by atoms with Gasteiger partial charge in [0.1, 0.15) is 23.9 Å². The van der Waals surface area contributed by atoms with Gasteiger partial charge in [0.15, 0.2) is 0 Å². The smallest absolute Gasteiger partial charge is 0.255 e. The molecule has 0 saturated heterocycles. The third-order valence-electron chi connectivity index (χ3n) is 4.54. The van der Waals surface area contributed by atoms with E-state index in [-0.39, 0.29) is 18.4 Å². The van der Waals surface area contributed by atoms with E-state index in [4.69, 9.17) is 14.2 Å². The number of ether oxygens (including phenoxy) is 3. The molecule has 2 amide bonds. The maximum Gasteiger partial charge on any atom is 0.255 e. The highest BCUT2D eigenvalue weighted by atomic mass is 16.5. The Balaban J connectivity index is 1.71. The molecular formula is C25H26N2O5. The lowest BCUT2D eigenvalue weighted by Gasteiger charge is -2.14.